The van der Waals surface area contributed by atoms with E-state index in [1.165, 1.54) is 11.3 Å². The minimum absolute atomic E-state index is 0.548. The summed E-state index contributed by atoms with van der Waals surface area (Å²) in [5.41, 5.74) is 4.32. The predicted molar refractivity (Wildman–Crippen MR) is 109 cm³/mol. The van der Waals surface area contributed by atoms with E-state index in [1.807, 2.05) is 31.1 Å². The molecule has 1 aromatic carbocycles. The van der Waals surface area contributed by atoms with Crippen molar-refractivity contribution in [3.05, 3.63) is 65.7 Å². The van der Waals surface area contributed by atoms with E-state index in [-0.39, 0.29) is 0 Å². The molecule has 0 saturated carbocycles. The molecule has 0 bridgehead atoms. The van der Waals surface area contributed by atoms with Crippen molar-refractivity contribution in [2.45, 2.75) is 32.2 Å². The number of hydrogen-bond acceptors (Lipinski definition) is 5. The SMILES string of the molecule is CN(C)C[C@@H](O)c1cc2n(n1)CCCN(Cc1cccc(-c3ccco3)c1)C2. The summed E-state index contributed by atoms with van der Waals surface area (Å²) < 4.78 is 7.59. The fraction of sp³-hybridized carbons (Fsp3) is 0.409. The van der Waals surface area contributed by atoms with Crippen LogP contribution in [0.4, 0.5) is 0 Å². The number of rotatable bonds is 6. The van der Waals surface area contributed by atoms with E-state index in [4.69, 9.17) is 4.42 Å². The zero-order valence-electron chi connectivity index (χ0n) is 16.6. The Balaban J connectivity index is 1.47. The molecule has 0 spiro atoms. The monoisotopic (exact) mass is 380 g/mol. The van der Waals surface area contributed by atoms with Gasteiger partial charge in [0.1, 0.15) is 11.9 Å². The molecule has 2 aromatic heterocycles. The molecule has 3 aromatic rings. The lowest BCUT2D eigenvalue weighted by Crippen LogP contribution is -2.23. The van der Waals surface area contributed by atoms with Crippen LogP contribution in [-0.2, 0) is 19.6 Å². The number of aliphatic hydroxyl groups excluding tert-OH is 1. The van der Waals surface area contributed by atoms with Gasteiger partial charge in [0.25, 0.3) is 0 Å². The molecule has 28 heavy (non-hydrogen) atoms. The van der Waals surface area contributed by atoms with Gasteiger partial charge in [-0.15, -0.1) is 0 Å². The summed E-state index contributed by atoms with van der Waals surface area (Å²) in [6, 6.07) is 14.5. The molecular formula is C22H28N4O2. The highest BCUT2D eigenvalue weighted by Crippen LogP contribution is 2.23. The van der Waals surface area contributed by atoms with Crippen LogP contribution in [-0.4, -0.2) is 51.9 Å². The lowest BCUT2D eigenvalue weighted by atomic mass is 10.1. The van der Waals surface area contributed by atoms with Gasteiger partial charge < -0.3 is 14.4 Å². The van der Waals surface area contributed by atoms with E-state index in [0.29, 0.717) is 6.54 Å². The Bertz CT molecular complexity index is 901. The Morgan fingerprint density at radius 1 is 1.18 bits per heavy atom. The fourth-order valence-corrected chi connectivity index (χ4v) is 3.81. The van der Waals surface area contributed by atoms with Gasteiger partial charge in [-0.2, -0.15) is 5.10 Å². The maximum atomic E-state index is 10.4. The quantitative estimate of drug-likeness (QED) is 0.712. The van der Waals surface area contributed by atoms with Crippen molar-refractivity contribution in [1.29, 1.82) is 0 Å². The van der Waals surface area contributed by atoms with Crippen LogP contribution < -0.4 is 0 Å². The average Bonchev–Trinajstić information content (AvgIpc) is 3.29. The number of fused-ring (bicyclic) bond motifs is 1. The van der Waals surface area contributed by atoms with E-state index in [0.717, 1.165) is 49.6 Å². The third-order valence-electron chi connectivity index (χ3n) is 5.13. The summed E-state index contributed by atoms with van der Waals surface area (Å²) in [6.07, 6.45) is 2.21. The first-order valence-corrected chi connectivity index (χ1v) is 9.83. The molecule has 148 valence electrons. The number of benzene rings is 1. The van der Waals surface area contributed by atoms with E-state index in [9.17, 15) is 5.11 Å². The molecule has 1 N–H and O–H groups in total. The van der Waals surface area contributed by atoms with Crippen molar-refractivity contribution >= 4 is 0 Å². The van der Waals surface area contributed by atoms with Crippen molar-refractivity contribution in [2.24, 2.45) is 0 Å². The Hall–Kier alpha value is -2.41. The lowest BCUT2D eigenvalue weighted by molar-refractivity contribution is 0.133. The van der Waals surface area contributed by atoms with Crippen molar-refractivity contribution in [3.63, 3.8) is 0 Å². The second-order valence-electron chi connectivity index (χ2n) is 7.80. The largest absolute Gasteiger partial charge is 0.464 e. The first kappa shape index (κ1) is 18.9. The maximum absolute atomic E-state index is 10.4. The summed E-state index contributed by atoms with van der Waals surface area (Å²) in [5.74, 6) is 0.898. The van der Waals surface area contributed by atoms with Gasteiger partial charge in [0.05, 0.1) is 17.7 Å². The molecule has 1 atom stereocenters. The molecule has 0 saturated heterocycles. The highest BCUT2D eigenvalue weighted by molar-refractivity contribution is 5.58. The molecule has 6 heteroatoms. The van der Waals surface area contributed by atoms with E-state index in [1.54, 1.807) is 6.26 Å². The maximum Gasteiger partial charge on any atom is 0.133 e. The molecule has 4 rings (SSSR count). The average molecular weight is 380 g/mol. The second kappa shape index (κ2) is 8.31. The third-order valence-corrected chi connectivity index (χ3v) is 5.13. The van der Waals surface area contributed by atoms with Crippen molar-refractivity contribution in [1.82, 2.24) is 19.6 Å². The van der Waals surface area contributed by atoms with Crippen LogP contribution in [0, 0.1) is 0 Å². The molecule has 0 fully saturated rings. The van der Waals surface area contributed by atoms with Gasteiger partial charge in [0, 0.05) is 38.3 Å². The summed E-state index contributed by atoms with van der Waals surface area (Å²) in [6.45, 7) is 4.23. The van der Waals surface area contributed by atoms with Crippen LogP contribution >= 0.6 is 0 Å². The summed E-state index contributed by atoms with van der Waals surface area (Å²) >= 11 is 0. The minimum Gasteiger partial charge on any atom is -0.464 e. The first-order valence-electron chi connectivity index (χ1n) is 9.83. The zero-order chi connectivity index (χ0) is 19.5. The molecule has 0 aliphatic carbocycles. The number of furan rings is 1. The first-order chi connectivity index (χ1) is 13.6. The van der Waals surface area contributed by atoms with E-state index in [2.05, 4.69) is 45.0 Å². The summed E-state index contributed by atoms with van der Waals surface area (Å²) in [5, 5.41) is 15.0. The molecule has 6 nitrogen and oxygen atoms in total. The Kier molecular flexibility index (Phi) is 5.62. The second-order valence-corrected chi connectivity index (χ2v) is 7.80. The van der Waals surface area contributed by atoms with Gasteiger partial charge >= 0.3 is 0 Å². The zero-order valence-corrected chi connectivity index (χ0v) is 16.6. The third kappa shape index (κ3) is 4.35. The number of nitrogens with zero attached hydrogens (tertiary/aromatic N) is 4. The standard InChI is InChI=1S/C22H28N4O2/c1-24(2)16-21(27)20-13-19-15-25(9-5-10-26(19)23-20)14-17-6-3-7-18(12-17)22-8-4-11-28-22/h3-4,6-8,11-13,21,27H,5,9-10,14-16H2,1-2H3/t21-/m1/s1. The minimum atomic E-state index is -0.548. The topological polar surface area (TPSA) is 57.7 Å². The van der Waals surface area contributed by atoms with Gasteiger partial charge in [-0.25, -0.2) is 0 Å². The molecule has 3 heterocycles. The van der Waals surface area contributed by atoms with Crippen LogP contribution in [0.15, 0.2) is 53.1 Å². The van der Waals surface area contributed by atoms with Crippen molar-refractivity contribution in [3.8, 4) is 11.3 Å². The number of likely N-dealkylation sites (N-methyl/N-ethyl adjacent to an activating group) is 1. The summed E-state index contributed by atoms with van der Waals surface area (Å²) in [7, 11) is 3.92. The molecule has 0 radical (unpaired) electrons. The van der Waals surface area contributed by atoms with E-state index >= 15 is 0 Å². The number of hydrogen-bond donors (Lipinski definition) is 1. The fourth-order valence-electron chi connectivity index (χ4n) is 3.81. The molecular weight excluding hydrogens is 352 g/mol. The van der Waals surface area contributed by atoms with Crippen LogP contribution in [0.2, 0.25) is 0 Å². The molecule has 1 aliphatic rings. The normalized spacial score (nSPS) is 16.1. The smallest absolute Gasteiger partial charge is 0.133 e. The number of aromatic nitrogens is 2. The Morgan fingerprint density at radius 3 is 2.86 bits per heavy atom. The van der Waals surface area contributed by atoms with Crippen molar-refractivity contribution < 1.29 is 9.52 Å². The van der Waals surface area contributed by atoms with Gasteiger partial charge in [-0.1, -0.05) is 18.2 Å². The molecule has 0 amide bonds. The van der Waals surface area contributed by atoms with Crippen LogP contribution in [0.1, 0.15) is 29.5 Å². The van der Waals surface area contributed by atoms with Gasteiger partial charge in [-0.3, -0.25) is 9.58 Å². The Labute approximate surface area is 166 Å². The van der Waals surface area contributed by atoms with E-state index < -0.39 is 6.10 Å². The van der Waals surface area contributed by atoms with Crippen molar-refractivity contribution in [2.75, 3.05) is 27.2 Å². The van der Waals surface area contributed by atoms with Gasteiger partial charge in [0.15, 0.2) is 0 Å². The molecule has 1 aliphatic heterocycles. The lowest BCUT2D eigenvalue weighted by Gasteiger charge is -2.20. The predicted octanol–water partition coefficient (Wildman–Crippen LogP) is 3.14. The van der Waals surface area contributed by atoms with Crippen LogP contribution in [0.25, 0.3) is 11.3 Å². The number of aryl methyl sites for hydroxylation is 1. The van der Waals surface area contributed by atoms with Crippen LogP contribution in [0.3, 0.4) is 0 Å². The summed E-state index contributed by atoms with van der Waals surface area (Å²) in [4.78, 5) is 4.43. The van der Waals surface area contributed by atoms with Crippen LogP contribution in [0.5, 0.6) is 0 Å². The Morgan fingerprint density at radius 2 is 2.07 bits per heavy atom. The number of aliphatic hydroxyl groups is 1. The van der Waals surface area contributed by atoms with Gasteiger partial charge in [-0.05, 0) is 50.3 Å². The van der Waals surface area contributed by atoms with Gasteiger partial charge in [0.2, 0.25) is 0 Å². The molecule has 0 unspecified atom stereocenters. The highest BCUT2D eigenvalue weighted by atomic mass is 16.3. The highest BCUT2D eigenvalue weighted by Gasteiger charge is 2.20.